The second-order valence-electron chi connectivity index (χ2n) is 4.88. The van der Waals surface area contributed by atoms with E-state index in [2.05, 4.69) is 11.2 Å². The second-order valence-corrected chi connectivity index (χ2v) is 7.93. The molecule has 0 aromatic heterocycles. The third kappa shape index (κ3) is 6.03. The van der Waals surface area contributed by atoms with E-state index in [-0.39, 0.29) is 5.56 Å². The van der Waals surface area contributed by atoms with E-state index in [1.165, 1.54) is 18.2 Å². The first kappa shape index (κ1) is 17.9. The number of amides is 1. The third-order valence-corrected chi connectivity index (χ3v) is 5.65. The molecule has 0 aliphatic heterocycles. The Morgan fingerprint density at radius 3 is 2.57 bits per heavy atom. The summed E-state index contributed by atoms with van der Waals surface area (Å²) in [4.78, 5) is 12.2. The van der Waals surface area contributed by atoms with E-state index in [0.717, 1.165) is 0 Å². The fraction of sp³-hybridized carbons (Fsp3) is 0.357. The molecule has 21 heavy (non-hydrogen) atoms. The zero-order valence-corrected chi connectivity index (χ0v) is 14.3. The van der Waals surface area contributed by atoms with E-state index in [9.17, 15) is 18.0 Å². The Labute approximate surface area is 133 Å². The molecule has 1 aromatic carbocycles. The summed E-state index contributed by atoms with van der Waals surface area (Å²) in [5, 5.41) is 2.00. The number of hydrogen-bond donors (Lipinski definition) is 1. The van der Waals surface area contributed by atoms with Gasteiger partial charge in [-0.15, -0.1) is 0 Å². The molecular weight excluding hydrogens is 366 g/mol. The van der Waals surface area contributed by atoms with E-state index in [0.29, 0.717) is 9.37 Å². The normalized spacial score (nSPS) is 12.4. The van der Waals surface area contributed by atoms with E-state index in [4.69, 9.17) is 18.0 Å². The Morgan fingerprint density at radius 1 is 1.43 bits per heavy atom. The summed E-state index contributed by atoms with van der Waals surface area (Å²) >= 11 is 4.31. The van der Waals surface area contributed by atoms with Gasteiger partial charge in [0.05, 0.1) is 0 Å². The maximum absolute atomic E-state index is 12.4. The quantitative estimate of drug-likeness (QED) is 0.632. The first-order valence-corrected chi connectivity index (χ1v) is 8.85. The molecule has 0 saturated carbocycles. The fourth-order valence-corrected chi connectivity index (χ4v) is 3.64. The van der Waals surface area contributed by atoms with Gasteiger partial charge in [-0.3, -0.25) is 0 Å². The molecule has 0 radical (unpaired) electrons. The van der Waals surface area contributed by atoms with Crippen molar-refractivity contribution in [1.82, 2.24) is 5.32 Å². The van der Waals surface area contributed by atoms with Crippen molar-refractivity contribution in [2.75, 3.05) is 0 Å². The molecule has 0 bridgehead atoms. The van der Waals surface area contributed by atoms with Crippen molar-refractivity contribution in [2.45, 2.75) is 30.8 Å². The Hall–Kier alpha value is -1.11. The molecule has 0 saturated heterocycles. The summed E-state index contributed by atoms with van der Waals surface area (Å²) in [6.45, 7) is 3.25. The third-order valence-electron chi connectivity index (χ3n) is 2.49. The minimum absolute atomic E-state index is 0.162. The summed E-state index contributed by atoms with van der Waals surface area (Å²) in [6.07, 6.45) is 1.05. The van der Waals surface area contributed by atoms with Crippen LogP contribution < -0.4 is 9.67 Å². The van der Waals surface area contributed by atoms with Crippen LogP contribution in [0.5, 0.6) is 0 Å². The Bertz CT molecular complexity index is 579. The van der Waals surface area contributed by atoms with Gasteiger partial charge in [-0.2, -0.15) is 0 Å². The van der Waals surface area contributed by atoms with Crippen LogP contribution in [0.1, 0.15) is 24.2 Å². The van der Waals surface area contributed by atoms with Gasteiger partial charge in [0.25, 0.3) is 0 Å². The molecule has 0 spiro atoms. The topological polar surface area (TPSA) is 29.1 Å². The molecule has 114 valence electrons. The number of rotatable bonds is 4. The van der Waals surface area contributed by atoms with Crippen molar-refractivity contribution >= 4 is 37.6 Å². The van der Waals surface area contributed by atoms with Gasteiger partial charge in [-0.25, -0.2) is 0 Å². The van der Waals surface area contributed by atoms with Gasteiger partial charge < -0.3 is 0 Å². The second kappa shape index (κ2) is 6.77. The molecular formula is C14H14AsClF3NO. The van der Waals surface area contributed by atoms with Crippen LogP contribution in [0.2, 0.25) is 10.2 Å². The van der Waals surface area contributed by atoms with E-state index in [1.54, 1.807) is 13.8 Å². The predicted molar refractivity (Wildman–Crippen MR) is 79.5 cm³/mol. The van der Waals surface area contributed by atoms with Crippen LogP contribution >= 0.6 is 11.6 Å². The number of nitrogens with one attached hydrogen (secondary N) is 1. The average molecular weight is 380 g/mol. The van der Waals surface area contributed by atoms with Crippen LogP contribution in [0.3, 0.4) is 0 Å². The number of carbonyl (C=O) groups is 1. The molecule has 0 fully saturated rings. The molecule has 1 unspecified atom stereocenters. The maximum atomic E-state index is 12.4. The molecule has 1 aromatic rings. The van der Waals surface area contributed by atoms with Crippen LogP contribution in [-0.2, 0) is 0 Å². The van der Waals surface area contributed by atoms with Crippen LogP contribution in [0.4, 0.5) is 13.2 Å². The zero-order chi connectivity index (χ0) is 16.3. The van der Waals surface area contributed by atoms with Crippen LogP contribution in [0.25, 0.3) is 0 Å². The van der Waals surface area contributed by atoms with Crippen molar-refractivity contribution < 1.29 is 18.0 Å². The number of halogens is 4. The molecule has 1 N–H and O–H groups in total. The molecule has 0 heterocycles. The van der Waals surface area contributed by atoms with Crippen molar-refractivity contribution in [2.24, 2.45) is 0 Å². The summed E-state index contributed by atoms with van der Waals surface area (Å²) < 4.78 is 37.5. The van der Waals surface area contributed by atoms with Gasteiger partial charge in [-0.1, -0.05) is 0 Å². The summed E-state index contributed by atoms with van der Waals surface area (Å²) in [6, 6.07) is 4.34. The number of alkyl halides is 3. The van der Waals surface area contributed by atoms with Crippen LogP contribution in [-0.4, -0.2) is 33.4 Å². The molecule has 1 amide bonds. The minimum atomic E-state index is -4.23. The molecule has 0 aliphatic carbocycles. The predicted octanol–water partition coefficient (Wildman–Crippen LogP) is 2.52. The average Bonchev–Trinajstić information content (AvgIpc) is 2.35. The molecule has 0 aliphatic rings. The molecule has 1 atom stereocenters. The van der Waals surface area contributed by atoms with Gasteiger partial charge in [0, 0.05) is 0 Å². The van der Waals surface area contributed by atoms with Crippen LogP contribution in [0.15, 0.2) is 18.2 Å². The Kier molecular flexibility index (Phi) is 5.78. The summed E-state index contributed by atoms with van der Waals surface area (Å²) in [7, 11) is 0. The van der Waals surface area contributed by atoms with E-state index < -0.39 is 38.6 Å². The number of carbonyl (C=O) groups excluding carboxylic acids is 1. The molecule has 1 rings (SSSR count). The number of terminal acetylenes is 1. The van der Waals surface area contributed by atoms with Gasteiger partial charge in [0.1, 0.15) is 0 Å². The monoisotopic (exact) mass is 379 g/mol. The summed E-state index contributed by atoms with van der Waals surface area (Å²) in [5.41, 5.74) is -0.726. The molecule has 2 nitrogen and oxygen atoms in total. The van der Waals surface area contributed by atoms with Gasteiger partial charge in [0.15, 0.2) is 0 Å². The van der Waals surface area contributed by atoms with Crippen molar-refractivity contribution in [1.29, 1.82) is 0 Å². The Balaban J connectivity index is 3.02. The summed E-state index contributed by atoms with van der Waals surface area (Å²) in [5.74, 6) is 1.88. The van der Waals surface area contributed by atoms with Gasteiger partial charge in [0.2, 0.25) is 0 Å². The zero-order valence-electron chi connectivity index (χ0n) is 11.4. The Morgan fingerprint density at radius 2 is 2.05 bits per heavy atom. The molecule has 7 heteroatoms. The van der Waals surface area contributed by atoms with Crippen molar-refractivity contribution in [3.8, 4) is 12.3 Å². The van der Waals surface area contributed by atoms with Crippen molar-refractivity contribution in [3.63, 3.8) is 0 Å². The van der Waals surface area contributed by atoms with Crippen molar-refractivity contribution in [3.05, 3.63) is 28.8 Å². The van der Waals surface area contributed by atoms with Gasteiger partial charge >= 0.3 is 133 Å². The first-order valence-electron chi connectivity index (χ1n) is 5.94. The SMILES string of the molecule is C#CC(C)(C)NC(=O)c1cc(Cl)ccc1[AsH]CC(F)(F)F. The standard InChI is InChI=1S/C14H14AsClF3NO/c1-4-13(2,3)20-12(21)10-7-9(16)5-6-11(10)15-8-14(17,18)19/h1,5-7,15H,8H2,2-3H3,(H,20,21). The van der Waals surface area contributed by atoms with E-state index >= 15 is 0 Å². The number of hydrogen-bond acceptors (Lipinski definition) is 1. The fourth-order valence-electron chi connectivity index (χ4n) is 1.44. The number of benzene rings is 1. The van der Waals surface area contributed by atoms with E-state index in [1.807, 2.05) is 0 Å². The first-order chi connectivity index (χ1) is 9.54. The van der Waals surface area contributed by atoms with Gasteiger partial charge in [-0.05, 0) is 0 Å². The van der Waals surface area contributed by atoms with Crippen LogP contribution in [0, 0.1) is 12.3 Å².